The van der Waals surface area contributed by atoms with Crippen molar-refractivity contribution in [3.8, 4) is 5.75 Å². The van der Waals surface area contributed by atoms with Gasteiger partial charge in [0.15, 0.2) is 5.17 Å². The molecule has 2 rings (SSSR count). The number of ether oxygens (including phenoxy) is 1. The van der Waals surface area contributed by atoms with Crippen LogP contribution in [-0.2, 0) is 0 Å². The van der Waals surface area contributed by atoms with Gasteiger partial charge in [-0.2, -0.15) is 0 Å². The maximum Gasteiger partial charge on any atom is 0.161 e. The van der Waals surface area contributed by atoms with Gasteiger partial charge in [-0.15, -0.1) is 0 Å². The third kappa shape index (κ3) is 4.05. The van der Waals surface area contributed by atoms with Crippen molar-refractivity contribution in [3.05, 3.63) is 23.2 Å². The number of halogens is 1. The SMILES string of the molecule is COc1cc(NC2=NCC(CC(C)C)S2)ccc1Cl. The summed E-state index contributed by atoms with van der Waals surface area (Å²) in [5.74, 6) is 1.39. The molecule has 1 atom stereocenters. The molecule has 0 aromatic heterocycles. The highest BCUT2D eigenvalue weighted by molar-refractivity contribution is 8.15. The minimum Gasteiger partial charge on any atom is -0.495 e. The number of benzene rings is 1. The lowest BCUT2D eigenvalue weighted by Crippen LogP contribution is -2.09. The van der Waals surface area contributed by atoms with Crippen molar-refractivity contribution < 1.29 is 4.74 Å². The molecule has 19 heavy (non-hydrogen) atoms. The van der Waals surface area contributed by atoms with E-state index in [-0.39, 0.29) is 0 Å². The van der Waals surface area contributed by atoms with Crippen LogP contribution in [0.5, 0.6) is 5.75 Å². The van der Waals surface area contributed by atoms with Crippen molar-refractivity contribution >= 4 is 34.2 Å². The van der Waals surface area contributed by atoms with Crippen LogP contribution in [0.3, 0.4) is 0 Å². The first-order valence-corrected chi connectivity index (χ1v) is 7.66. The Labute approximate surface area is 123 Å². The molecule has 1 unspecified atom stereocenters. The average molecular weight is 299 g/mol. The van der Waals surface area contributed by atoms with E-state index in [1.165, 1.54) is 6.42 Å². The zero-order valence-corrected chi connectivity index (χ0v) is 13.0. The molecule has 1 N–H and O–H groups in total. The molecule has 0 saturated heterocycles. The average Bonchev–Trinajstić information content (AvgIpc) is 2.78. The predicted octanol–water partition coefficient (Wildman–Crippen LogP) is 4.28. The van der Waals surface area contributed by atoms with Gasteiger partial charge >= 0.3 is 0 Å². The van der Waals surface area contributed by atoms with Crippen molar-refractivity contribution in [3.63, 3.8) is 0 Å². The molecule has 0 saturated carbocycles. The van der Waals surface area contributed by atoms with E-state index in [9.17, 15) is 0 Å². The van der Waals surface area contributed by atoms with Gasteiger partial charge in [0.1, 0.15) is 5.75 Å². The maximum atomic E-state index is 6.01. The van der Waals surface area contributed by atoms with Gasteiger partial charge in [0.25, 0.3) is 0 Å². The van der Waals surface area contributed by atoms with E-state index < -0.39 is 0 Å². The highest BCUT2D eigenvalue weighted by Crippen LogP contribution is 2.30. The number of thioether (sulfide) groups is 1. The zero-order chi connectivity index (χ0) is 13.8. The topological polar surface area (TPSA) is 33.6 Å². The first-order chi connectivity index (χ1) is 9.08. The standard InChI is InChI=1S/C14H19ClN2OS/c1-9(2)6-11-8-16-14(19-11)17-10-4-5-12(15)13(7-10)18-3/h4-5,7,9,11H,6,8H2,1-3H3,(H,16,17). The van der Waals surface area contributed by atoms with Crippen LogP contribution in [-0.4, -0.2) is 24.1 Å². The van der Waals surface area contributed by atoms with Crippen LogP contribution < -0.4 is 10.1 Å². The number of hydrogen-bond donors (Lipinski definition) is 1. The summed E-state index contributed by atoms with van der Waals surface area (Å²) in [7, 11) is 1.62. The molecule has 1 aliphatic heterocycles. The fourth-order valence-electron chi connectivity index (χ4n) is 2.00. The van der Waals surface area contributed by atoms with Crippen LogP contribution in [0, 0.1) is 5.92 Å². The lowest BCUT2D eigenvalue weighted by Gasteiger charge is -2.12. The molecule has 5 heteroatoms. The van der Waals surface area contributed by atoms with Crippen LogP contribution in [0.2, 0.25) is 5.02 Å². The highest BCUT2D eigenvalue weighted by Gasteiger charge is 2.20. The second kappa shape index (κ2) is 6.53. The summed E-state index contributed by atoms with van der Waals surface area (Å²) in [5, 5.41) is 5.51. The van der Waals surface area contributed by atoms with Crippen molar-refractivity contribution in [2.75, 3.05) is 19.0 Å². The summed E-state index contributed by atoms with van der Waals surface area (Å²) in [4.78, 5) is 4.54. The molecule has 1 aromatic carbocycles. The predicted molar refractivity (Wildman–Crippen MR) is 84.8 cm³/mol. The molecule has 1 aromatic rings. The molecular formula is C14H19ClN2OS. The molecule has 3 nitrogen and oxygen atoms in total. The Hall–Kier alpha value is -0.870. The summed E-state index contributed by atoms with van der Waals surface area (Å²) in [6.45, 7) is 5.39. The third-order valence-corrected chi connectivity index (χ3v) is 4.30. The van der Waals surface area contributed by atoms with Gasteiger partial charge < -0.3 is 10.1 Å². The Balaban J connectivity index is 1.95. The maximum absolute atomic E-state index is 6.01. The Kier molecular flexibility index (Phi) is 4.99. The Morgan fingerprint density at radius 3 is 3.00 bits per heavy atom. The third-order valence-electron chi connectivity index (χ3n) is 2.85. The fourth-order valence-corrected chi connectivity index (χ4v) is 3.46. The van der Waals surface area contributed by atoms with Gasteiger partial charge in [-0.05, 0) is 24.5 Å². The summed E-state index contributed by atoms with van der Waals surface area (Å²) >= 11 is 7.82. The van der Waals surface area contributed by atoms with Gasteiger partial charge in [0, 0.05) is 17.0 Å². The van der Waals surface area contributed by atoms with Crippen molar-refractivity contribution in [2.45, 2.75) is 25.5 Å². The molecule has 0 aliphatic carbocycles. The van der Waals surface area contributed by atoms with Crippen molar-refractivity contribution in [1.29, 1.82) is 0 Å². The van der Waals surface area contributed by atoms with E-state index in [2.05, 4.69) is 24.2 Å². The van der Waals surface area contributed by atoms with Gasteiger partial charge in [0.2, 0.25) is 0 Å². The van der Waals surface area contributed by atoms with E-state index in [0.29, 0.717) is 21.9 Å². The number of nitrogens with zero attached hydrogens (tertiary/aromatic N) is 1. The van der Waals surface area contributed by atoms with Crippen LogP contribution in [0.4, 0.5) is 5.69 Å². The van der Waals surface area contributed by atoms with E-state index in [1.807, 2.05) is 30.0 Å². The number of amidine groups is 1. The van der Waals surface area contributed by atoms with Crippen LogP contribution in [0.1, 0.15) is 20.3 Å². The molecular weight excluding hydrogens is 280 g/mol. The minimum absolute atomic E-state index is 0.594. The number of methoxy groups -OCH3 is 1. The van der Waals surface area contributed by atoms with Gasteiger partial charge in [-0.1, -0.05) is 37.2 Å². The molecule has 1 heterocycles. The summed E-state index contributed by atoms with van der Waals surface area (Å²) in [6.07, 6.45) is 1.20. The van der Waals surface area contributed by atoms with Gasteiger partial charge in [0.05, 0.1) is 18.7 Å². The second-order valence-corrected chi connectivity index (χ2v) is 6.69. The van der Waals surface area contributed by atoms with E-state index in [0.717, 1.165) is 17.4 Å². The fraction of sp³-hybridized carbons (Fsp3) is 0.500. The Morgan fingerprint density at radius 2 is 2.32 bits per heavy atom. The molecule has 0 amide bonds. The second-order valence-electron chi connectivity index (χ2n) is 4.99. The minimum atomic E-state index is 0.594. The summed E-state index contributed by atoms with van der Waals surface area (Å²) in [5.41, 5.74) is 0.956. The normalized spacial score (nSPS) is 18.6. The highest BCUT2D eigenvalue weighted by atomic mass is 35.5. The number of rotatable bonds is 4. The lowest BCUT2D eigenvalue weighted by atomic mass is 10.1. The largest absolute Gasteiger partial charge is 0.495 e. The van der Waals surface area contributed by atoms with Gasteiger partial charge in [-0.3, -0.25) is 4.99 Å². The Morgan fingerprint density at radius 1 is 1.53 bits per heavy atom. The molecule has 0 radical (unpaired) electrons. The van der Waals surface area contributed by atoms with Crippen LogP contribution >= 0.6 is 23.4 Å². The number of nitrogens with one attached hydrogen (secondary N) is 1. The number of hydrogen-bond acceptors (Lipinski definition) is 4. The monoisotopic (exact) mass is 298 g/mol. The first kappa shape index (κ1) is 14.5. The van der Waals surface area contributed by atoms with E-state index in [1.54, 1.807) is 7.11 Å². The lowest BCUT2D eigenvalue weighted by molar-refractivity contribution is 0.415. The molecule has 0 fully saturated rings. The van der Waals surface area contributed by atoms with E-state index >= 15 is 0 Å². The molecule has 1 aliphatic rings. The quantitative estimate of drug-likeness (QED) is 0.901. The first-order valence-electron chi connectivity index (χ1n) is 6.40. The Bertz CT molecular complexity index is 477. The zero-order valence-electron chi connectivity index (χ0n) is 11.4. The molecule has 0 spiro atoms. The molecule has 104 valence electrons. The van der Waals surface area contributed by atoms with Crippen molar-refractivity contribution in [1.82, 2.24) is 0 Å². The van der Waals surface area contributed by atoms with Crippen LogP contribution in [0.25, 0.3) is 0 Å². The summed E-state index contributed by atoms with van der Waals surface area (Å²) < 4.78 is 5.21. The molecule has 0 bridgehead atoms. The van der Waals surface area contributed by atoms with Gasteiger partial charge in [-0.25, -0.2) is 0 Å². The smallest absolute Gasteiger partial charge is 0.161 e. The number of anilines is 1. The van der Waals surface area contributed by atoms with Crippen molar-refractivity contribution in [2.24, 2.45) is 10.9 Å². The van der Waals surface area contributed by atoms with Crippen LogP contribution in [0.15, 0.2) is 23.2 Å². The number of aliphatic imine (C=N–C) groups is 1. The summed E-state index contributed by atoms with van der Waals surface area (Å²) in [6, 6.07) is 5.65. The van der Waals surface area contributed by atoms with E-state index in [4.69, 9.17) is 16.3 Å².